The van der Waals surface area contributed by atoms with Crippen molar-refractivity contribution in [3.8, 4) is 11.3 Å². The molecule has 0 atom stereocenters. The highest BCUT2D eigenvalue weighted by Crippen LogP contribution is 2.31. The van der Waals surface area contributed by atoms with Crippen molar-refractivity contribution in [1.29, 1.82) is 0 Å². The van der Waals surface area contributed by atoms with Crippen molar-refractivity contribution in [2.75, 3.05) is 24.5 Å². The first kappa shape index (κ1) is 28.2. The number of para-hydroxylation sites is 1. The van der Waals surface area contributed by atoms with E-state index in [0.717, 1.165) is 42.8 Å². The molecule has 1 N–H and O–H groups in total. The fraction of sp³-hybridized carbons (Fsp3) is 0.219. The summed E-state index contributed by atoms with van der Waals surface area (Å²) in [6.45, 7) is 6.80. The zero-order valence-corrected chi connectivity index (χ0v) is 23.3. The van der Waals surface area contributed by atoms with E-state index >= 15 is 0 Å². The van der Waals surface area contributed by atoms with Crippen molar-refractivity contribution in [2.24, 2.45) is 0 Å². The Kier molecular flexibility index (Phi) is 7.05. The number of anilines is 1. The smallest absolute Gasteiger partial charge is 0.416 e. The lowest BCUT2D eigenvalue weighted by atomic mass is 10.0. The summed E-state index contributed by atoms with van der Waals surface area (Å²) in [6, 6.07) is 19.9. The summed E-state index contributed by atoms with van der Waals surface area (Å²) in [5.74, 6) is 0. The Bertz CT molecular complexity index is 2080. The van der Waals surface area contributed by atoms with Gasteiger partial charge in [-0.1, -0.05) is 18.2 Å². The van der Waals surface area contributed by atoms with Crippen molar-refractivity contribution >= 4 is 33.3 Å². The van der Waals surface area contributed by atoms with Crippen LogP contribution < -0.4 is 21.5 Å². The molecule has 0 saturated carbocycles. The van der Waals surface area contributed by atoms with E-state index in [2.05, 4.69) is 29.0 Å². The van der Waals surface area contributed by atoms with Crippen LogP contribution >= 0.6 is 0 Å². The summed E-state index contributed by atoms with van der Waals surface area (Å²) in [6.07, 6.45) is -1.67. The number of pyridine rings is 1. The van der Waals surface area contributed by atoms with Gasteiger partial charge in [0.05, 0.1) is 16.8 Å². The van der Waals surface area contributed by atoms with Gasteiger partial charge in [-0.2, -0.15) is 13.2 Å². The lowest BCUT2D eigenvalue weighted by molar-refractivity contribution is -0.137. The van der Waals surface area contributed by atoms with Gasteiger partial charge in [-0.15, -0.1) is 0 Å². The van der Waals surface area contributed by atoms with E-state index in [1.54, 1.807) is 18.2 Å². The first-order valence-electron chi connectivity index (χ1n) is 13.6. The van der Waals surface area contributed by atoms with E-state index in [-0.39, 0.29) is 28.1 Å². The number of alkyl halides is 3. The molecular weight excluding hydrogens is 561 g/mol. The molecule has 1 fully saturated rings. The molecule has 1 saturated heterocycles. The number of benzene rings is 2. The lowest BCUT2D eigenvalue weighted by Gasteiger charge is -2.40. The van der Waals surface area contributed by atoms with Gasteiger partial charge in [0.1, 0.15) is 16.8 Å². The first-order chi connectivity index (χ1) is 20.4. The molecule has 2 aromatic carbocycles. The second-order valence-corrected chi connectivity index (χ2v) is 11.0. The van der Waals surface area contributed by atoms with Gasteiger partial charge in [0.2, 0.25) is 0 Å². The topological polar surface area (TPSA) is 93.0 Å². The molecule has 8 nitrogen and oxygen atoms in total. The van der Waals surface area contributed by atoms with E-state index in [4.69, 9.17) is 8.83 Å². The average molecular weight is 589 g/mol. The summed E-state index contributed by atoms with van der Waals surface area (Å²) >= 11 is 0. The van der Waals surface area contributed by atoms with Crippen molar-refractivity contribution in [3.05, 3.63) is 112 Å². The molecule has 4 aromatic heterocycles. The van der Waals surface area contributed by atoms with Gasteiger partial charge < -0.3 is 23.5 Å². The van der Waals surface area contributed by atoms with Gasteiger partial charge in [-0.3, -0.25) is 0 Å². The molecule has 0 aliphatic carbocycles. The third-order valence-corrected chi connectivity index (χ3v) is 7.25. The second-order valence-electron chi connectivity index (χ2n) is 11.0. The van der Waals surface area contributed by atoms with Crippen LogP contribution in [0.25, 0.3) is 38.8 Å². The van der Waals surface area contributed by atoms with Gasteiger partial charge in [-0.05, 0) is 56.3 Å². The van der Waals surface area contributed by atoms with Crippen LogP contribution in [0.5, 0.6) is 0 Å². The highest BCUT2D eigenvalue weighted by atomic mass is 19.4. The Morgan fingerprint density at radius 2 is 1.70 bits per heavy atom. The van der Waals surface area contributed by atoms with E-state index in [0.29, 0.717) is 16.6 Å². The third-order valence-electron chi connectivity index (χ3n) is 7.25. The van der Waals surface area contributed by atoms with Crippen molar-refractivity contribution in [3.63, 3.8) is 0 Å². The van der Waals surface area contributed by atoms with E-state index in [9.17, 15) is 22.8 Å². The Hall–Kier alpha value is -4.90. The minimum absolute atomic E-state index is 0.0208. The van der Waals surface area contributed by atoms with Crippen LogP contribution in [-0.4, -0.2) is 34.6 Å². The summed E-state index contributed by atoms with van der Waals surface area (Å²) in [5, 5.41) is 5.13. The maximum Gasteiger partial charge on any atom is 0.416 e. The number of halogens is 3. The molecule has 0 radical (unpaired) electrons. The molecule has 5 heterocycles. The average Bonchev–Trinajstić information content (AvgIpc) is 3.39. The number of fused-ring (bicyclic) bond motifs is 3. The van der Waals surface area contributed by atoms with Crippen molar-refractivity contribution in [1.82, 2.24) is 14.7 Å². The van der Waals surface area contributed by atoms with Crippen LogP contribution in [0.3, 0.4) is 0 Å². The predicted octanol–water partition coefficient (Wildman–Crippen LogP) is 6.11. The van der Waals surface area contributed by atoms with Gasteiger partial charge >= 0.3 is 17.4 Å². The van der Waals surface area contributed by atoms with E-state index in [1.165, 1.54) is 22.9 Å². The first-order valence-corrected chi connectivity index (χ1v) is 13.6. The molecule has 1 aliphatic heterocycles. The number of imidazole rings is 1. The van der Waals surface area contributed by atoms with Crippen LogP contribution in [0.1, 0.15) is 19.4 Å². The number of hydrogen-bond donors (Lipinski definition) is 1. The van der Waals surface area contributed by atoms with Gasteiger partial charge in [0, 0.05) is 66.2 Å². The number of nitrogens with one attached hydrogen (secondary N) is 1. The van der Waals surface area contributed by atoms with Crippen molar-refractivity contribution < 1.29 is 22.0 Å². The van der Waals surface area contributed by atoms with Crippen LogP contribution in [0, 0.1) is 0 Å². The number of piperazine rings is 1. The third kappa shape index (κ3) is 6.02. The van der Waals surface area contributed by atoms with Crippen LogP contribution in [0.2, 0.25) is 0 Å². The Morgan fingerprint density at radius 1 is 0.907 bits per heavy atom. The fourth-order valence-corrected chi connectivity index (χ4v) is 5.14. The molecule has 0 amide bonds. The van der Waals surface area contributed by atoms with Crippen molar-refractivity contribution in [2.45, 2.75) is 25.6 Å². The summed E-state index contributed by atoms with van der Waals surface area (Å²) in [7, 11) is 0. The predicted molar refractivity (Wildman–Crippen MR) is 158 cm³/mol. The summed E-state index contributed by atoms with van der Waals surface area (Å²) in [5.41, 5.74) is 0.915. The molecular formula is C32H27F3N4O4. The molecule has 0 bridgehead atoms. The second kappa shape index (κ2) is 10.7. The number of hydrogen-bond acceptors (Lipinski definition) is 7. The molecule has 1 aliphatic rings. The SMILES string of the molecule is CC1(C)CN(c2ccc3cc(-c4cn5ccc(C(F)(F)F)cc5n4)c(=O)oc3c2)CCN1.O=c1ccc2ccccc2o1. The molecule has 7 rings (SSSR count). The van der Waals surface area contributed by atoms with E-state index < -0.39 is 17.4 Å². The van der Waals surface area contributed by atoms with Gasteiger partial charge in [-0.25, -0.2) is 14.6 Å². The maximum absolute atomic E-state index is 13.0. The van der Waals surface area contributed by atoms with Gasteiger partial charge in [0.25, 0.3) is 0 Å². The van der Waals surface area contributed by atoms with Gasteiger partial charge in [0.15, 0.2) is 0 Å². The largest absolute Gasteiger partial charge is 0.423 e. The zero-order valence-electron chi connectivity index (χ0n) is 23.3. The standard InChI is InChI=1S/C23H21F3N4O2.C9H6O2/c1-22(2)13-30(8-6-27-22)16-4-3-14-9-17(21(31)32-19(14)11-16)18-12-29-7-5-15(23(24,25)26)10-20(29)28-18;10-9-6-5-7-3-1-2-4-8(7)11-9/h3-5,7,9-12,27H,6,8,13H2,1-2H3;1-6H. The number of rotatable bonds is 2. The number of aromatic nitrogens is 2. The zero-order chi connectivity index (χ0) is 30.4. The number of nitrogens with zero attached hydrogens (tertiary/aromatic N) is 3. The van der Waals surface area contributed by atoms with Crippen LogP contribution in [-0.2, 0) is 6.18 Å². The Morgan fingerprint density at radius 3 is 2.49 bits per heavy atom. The Balaban J connectivity index is 0.000000250. The lowest BCUT2D eigenvalue weighted by Crippen LogP contribution is -2.57. The maximum atomic E-state index is 13.0. The monoisotopic (exact) mass is 588 g/mol. The van der Waals surface area contributed by atoms with Crippen LogP contribution in [0.4, 0.5) is 18.9 Å². The fourth-order valence-electron chi connectivity index (χ4n) is 5.14. The Labute approximate surface area is 243 Å². The molecule has 11 heteroatoms. The molecule has 6 aromatic rings. The highest BCUT2D eigenvalue weighted by molar-refractivity contribution is 5.84. The highest BCUT2D eigenvalue weighted by Gasteiger charge is 2.31. The normalized spacial score (nSPS) is 15.0. The minimum atomic E-state index is -4.47. The van der Waals surface area contributed by atoms with Crippen LogP contribution in [0.15, 0.2) is 104 Å². The molecule has 0 unspecified atom stereocenters. The minimum Gasteiger partial charge on any atom is -0.423 e. The molecule has 0 spiro atoms. The van der Waals surface area contributed by atoms with E-state index in [1.807, 2.05) is 36.4 Å². The summed E-state index contributed by atoms with van der Waals surface area (Å²) < 4.78 is 50.9. The quantitative estimate of drug-likeness (QED) is 0.244. The molecule has 43 heavy (non-hydrogen) atoms. The summed E-state index contributed by atoms with van der Waals surface area (Å²) in [4.78, 5) is 29.9. The molecule has 220 valence electrons.